The number of benzene rings is 2. The summed E-state index contributed by atoms with van der Waals surface area (Å²) in [6.45, 7) is 4.17. The Morgan fingerprint density at radius 1 is 1.12 bits per heavy atom. The normalized spacial score (nSPS) is 12.1. The number of carbonyl (C=O) groups excluding carboxylic acids is 1. The Balaban J connectivity index is 1.48. The molecular weight excluding hydrogens is 350 g/mol. The van der Waals surface area contributed by atoms with Crippen LogP contribution < -0.4 is 20.1 Å². The first kappa shape index (κ1) is 16.4. The Morgan fingerprint density at radius 2 is 1.88 bits per heavy atom. The highest BCUT2D eigenvalue weighted by atomic mass is 32.1. The number of aryl methyl sites for hydroxylation is 2. The third-order valence-corrected chi connectivity index (χ3v) is 4.84. The van der Waals surface area contributed by atoms with Gasteiger partial charge in [0, 0.05) is 22.8 Å². The van der Waals surface area contributed by atoms with E-state index in [-0.39, 0.29) is 12.7 Å². The first-order valence-corrected chi connectivity index (χ1v) is 8.98. The van der Waals surface area contributed by atoms with Crippen molar-refractivity contribution in [3.05, 3.63) is 58.6 Å². The molecule has 0 radical (unpaired) electrons. The van der Waals surface area contributed by atoms with Crippen molar-refractivity contribution < 1.29 is 14.3 Å². The van der Waals surface area contributed by atoms with E-state index in [1.807, 2.05) is 50.2 Å². The van der Waals surface area contributed by atoms with Crippen LogP contribution in [0.1, 0.15) is 21.6 Å². The second-order valence-corrected chi connectivity index (χ2v) is 6.81. The molecule has 0 aliphatic carbocycles. The predicted molar refractivity (Wildman–Crippen MR) is 102 cm³/mol. The van der Waals surface area contributed by atoms with E-state index < -0.39 is 0 Å². The quantitative estimate of drug-likeness (QED) is 0.711. The third-order valence-electron chi connectivity index (χ3n) is 4.08. The van der Waals surface area contributed by atoms with Crippen molar-refractivity contribution in [2.75, 3.05) is 17.4 Å². The molecule has 2 heterocycles. The number of nitrogens with zero attached hydrogens (tertiary/aromatic N) is 1. The van der Waals surface area contributed by atoms with Gasteiger partial charge in [0.1, 0.15) is 5.69 Å². The van der Waals surface area contributed by atoms with Crippen LogP contribution in [-0.4, -0.2) is 17.7 Å². The summed E-state index contributed by atoms with van der Waals surface area (Å²) in [6.07, 6.45) is 0. The van der Waals surface area contributed by atoms with Crippen molar-refractivity contribution in [2.24, 2.45) is 0 Å². The molecule has 26 heavy (non-hydrogen) atoms. The van der Waals surface area contributed by atoms with Gasteiger partial charge in [-0.1, -0.05) is 18.2 Å². The van der Waals surface area contributed by atoms with E-state index in [9.17, 15) is 4.79 Å². The van der Waals surface area contributed by atoms with Crippen LogP contribution in [0.25, 0.3) is 0 Å². The lowest BCUT2D eigenvalue weighted by Gasteiger charge is -2.10. The van der Waals surface area contributed by atoms with Gasteiger partial charge in [0.15, 0.2) is 16.6 Å². The Kier molecular flexibility index (Phi) is 4.22. The summed E-state index contributed by atoms with van der Waals surface area (Å²) in [6, 6.07) is 11.5. The predicted octanol–water partition coefficient (Wildman–Crippen LogP) is 4.48. The van der Waals surface area contributed by atoms with Crippen molar-refractivity contribution in [1.82, 2.24) is 4.98 Å². The fourth-order valence-corrected chi connectivity index (χ4v) is 3.43. The first-order chi connectivity index (χ1) is 12.6. The van der Waals surface area contributed by atoms with Gasteiger partial charge in [0.2, 0.25) is 6.79 Å². The van der Waals surface area contributed by atoms with Crippen molar-refractivity contribution in [3.8, 4) is 11.5 Å². The number of hydrogen-bond acceptors (Lipinski definition) is 6. The monoisotopic (exact) mass is 367 g/mol. The van der Waals surface area contributed by atoms with Gasteiger partial charge in [-0.25, -0.2) is 4.98 Å². The van der Waals surface area contributed by atoms with Gasteiger partial charge in [0.25, 0.3) is 5.91 Å². The van der Waals surface area contributed by atoms with Crippen molar-refractivity contribution in [1.29, 1.82) is 0 Å². The maximum absolute atomic E-state index is 12.5. The molecule has 0 saturated heterocycles. The maximum atomic E-state index is 12.5. The molecule has 0 unspecified atom stereocenters. The SMILES string of the molecule is Cc1cccc(C)c1NC(=O)c1csc(Nc2ccc3c(c2)OCO3)n1. The smallest absolute Gasteiger partial charge is 0.275 e. The van der Waals surface area contributed by atoms with Crippen LogP contribution in [0, 0.1) is 13.8 Å². The highest BCUT2D eigenvalue weighted by Gasteiger charge is 2.16. The molecule has 1 aromatic heterocycles. The molecule has 0 spiro atoms. The zero-order valence-corrected chi connectivity index (χ0v) is 15.1. The lowest BCUT2D eigenvalue weighted by molar-refractivity contribution is 0.102. The number of aromatic nitrogens is 1. The Labute approximate surface area is 154 Å². The van der Waals surface area contributed by atoms with Crippen LogP contribution >= 0.6 is 11.3 Å². The van der Waals surface area contributed by atoms with Crippen molar-refractivity contribution >= 4 is 33.8 Å². The number of amides is 1. The average molecular weight is 367 g/mol. The molecular formula is C19H17N3O3S. The highest BCUT2D eigenvalue weighted by molar-refractivity contribution is 7.14. The number of ether oxygens (including phenoxy) is 2. The molecule has 132 valence electrons. The molecule has 0 atom stereocenters. The molecule has 0 bridgehead atoms. The van der Waals surface area contributed by atoms with E-state index in [4.69, 9.17) is 9.47 Å². The number of fused-ring (bicyclic) bond motifs is 1. The van der Waals surface area contributed by atoms with Gasteiger partial charge < -0.3 is 20.1 Å². The first-order valence-electron chi connectivity index (χ1n) is 8.10. The van der Waals surface area contributed by atoms with Crippen LogP contribution in [-0.2, 0) is 0 Å². The number of para-hydroxylation sites is 1. The molecule has 0 saturated carbocycles. The summed E-state index contributed by atoms with van der Waals surface area (Å²) in [5, 5.41) is 8.50. The third kappa shape index (κ3) is 3.21. The van der Waals surface area contributed by atoms with Crippen molar-refractivity contribution in [3.63, 3.8) is 0 Å². The molecule has 7 heteroatoms. The second kappa shape index (κ2) is 6.68. The van der Waals surface area contributed by atoms with Gasteiger partial charge in [-0.3, -0.25) is 4.79 Å². The van der Waals surface area contributed by atoms with Crippen LogP contribution in [0.15, 0.2) is 41.8 Å². The van der Waals surface area contributed by atoms with Crippen LogP contribution in [0.3, 0.4) is 0 Å². The Bertz CT molecular complexity index is 964. The van der Waals surface area contributed by atoms with E-state index in [1.54, 1.807) is 5.38 Å². The molecule has 2 N–H and O–H groups in total. The standard InChI is InChI=1S/C19H17N3O3S/c1-11-4-3-5-12(2)17(11)22-18(23)14-9-26-19(21-14)20-13-6-7-15-16(8-13)25-10-24-15/h3-9H,10H2,1-2H3,(H,20,21)(H,22,23). The molecule has 1 amide bonds. The summed E-state index contributed by atoms with van der Waals surface area (Å²) in [7, 11) is 0. The molecule has 4 rings (SSSR count). The Morgan fingerprint density at radius 3 is 2.69 bits per heavy atom. The van der Waals surface area contributed by atoms with E-state index >= 15 is 0 Å². The topological polar surface area (TPSA) is 72.5 Å². The number of anilines is 3. The average Bonchev–Trinajstić information content (AvgIpc) is 3.27. The molecule has 6 nitrogen and oxygen atoms in total. The Hall–Kier alpha value is -3.06. The number of hydrogen-bond donors (Lipinski definition) is 2. The molecule has 0 fully saturated rings. The van der Waals surface area contributed by atoms with Gasteiger partial charge in [-0.05, 0) is 37.1 Å². The van der Waals surface area contributed by atoms with E-state index in [0.29, 0.717) is 16.6 Å². The number of thiazole rings is 1. The van der Waals surface area contributed by atoms with Crippen molar-refractivity contribution in [2.45, 2.75) is 13.8 Å². The fraction of sp³-hybridized carbons (Fsp3) is 0.158. The summed E-state index contributed by atoms with van der Waals surface area (Å²) < 4.78 is 10.7. The van der Waals surface area contributed by atoms with Crippen LogP contribution in [0.5, 0.6) is 11.5 Å². The van der Waals surface area contributed by atoms with Gasteiger partial charge in [0.05, 0.1) is 0 Å². The van der Waals surface area contributed by atoms with Gasteiger partial charge in [-0.15, -0.1) is 11.3 Å². The minimum absolute atomic E-state index is 0.225. The van der Waals surface area contributed by atoms with Crippen LogP contribution in [0.2, 0.25) is 0 Å². The lowest BCUT2D eigenvalue weighted by Crippen LogP contribution is -2.14. The molecule has 1 aliphatic heterocycles. The molecule has 3 aromatic rings. The summed E-state index contributed by atoms with van der Waals surface area (Å²) in [5.41, 5.74) is 4.07. The lowest BCUT2D eigenvalue weighted by atomic mass is 10.1. The zero-order chi connectivity index (χ0) is 18.1. The number of carbonyl (C=O) groups is 1. The summed E-state index contributed by atoms with van der Waals surface area (Å²) in [5.74, 6) is 1.19. The molecule has 1 aliphatic rings. The fourth-order valence-electron chi connectivity index (χ4n) is 2.72. The summed E-state index contributed by atoms with van der Waals surface area (Å²) >= 11 is 1.37. The van der Waals surface area contributed by atoms with E-state index in [1.165, 1.54) is 11.3 Å². The minimum Gasteiger partial charge on any atom is -0.454 e. The minimum atomic E-state index is -0.225. The second-order valence-electron chi connectivity index (χ2n) is 5.95. The summed E-state index contributed by atoms with van der Waals surface area (Å²) in [4.78, 5) is 16.9. The maximum Gasteiger partial charge on any atom is 0.275 e. The van der Waals surface area contributed by atoms with Gasteiger partial charge >= 0.3 is 0 Å². The largest absolute Gasteiger partial charge is 0.454 e. The zero-order valence-electron chi connectivity index (χ0n) is 14.3. The van der Waals surface area contributed by atoms with E-state index in [2.05, 4.69) is 15.6 Å². The van der Waals surface area contributed by atoms with Crippen LogP contribution in [0.4, 0.5) is 16.5 Å². The highest BCUT2D eigenvalue weighted by Crippen LogP contribution is 2.35. The van der Waals surface area contributed by atoms with Gasteiger partial charge in [-0.2, -0.15) is 0 Å². The van der Waals surface area contributed by atoms with E-state index in [0.717, 1.165) is 28.3 Å². The number of rotatable bonds is 4. The molecule has 2 aromatic carbocycles. The number of nitrogens with one attached hydrogen (secondary N) is 2.